The molecule has 0 aliphatic carbocycles. The van der Waals surface area contributed by atoms with Gasteiger partial charge in [-0.1, -0.05) is 36.8 Å². The Bertz CT molecular complexity index is 720. The van der Waals surface area contributed by atoms with Crippen LogP contribution in [0.1, 0.15) is 19.3 Å². The van der Waals surface area contributed by atoms with Crippen molar-refractivity contribution in [1.82, 2.24) is 10.0 Å². The molecule has 0 bridgehead atoms. The fourth-order valence-electron chi connectivity index (χ4n) is 2.74. The second-order valence-corrected chi connectivity index (χ2v) is 7.24. The minimum atomic E-state index is -3.46. The second kappa shape index (κ2) is 6.13. The van der Waals surface area contributed by atoms with E-state index in [-0.39, 0.29) is 6.04 Å². The Labute approximate surface area is 125 Å². The monoisotopic (exact) mass is 304 g/mol. The molecule has 1 atom stereocenters. The summed E-state index contributed by atoms with van der Waals surface area (Å²) >= 11 is 0. The molecule has 0 radical (unpaired) electrons. The number of hydrogen-bond donors (Lipinski definition) is 2. The molecule has 5 heteroatoms. The third-order valence-electron chi connectivity index (χ3n) is 3.90. The lowest BCUT2D eigenvalue weighted by Gasteiger charge is -2.16. The van der Waals surface area contributed by atoms with Gasteiger partial charge < -0.3 is 5.32 Å². The molecule has 1 saturated heterocycles. The van der Waals surface area contributed by atoms with E-state index in [9.17, 15) is 8.42 Å². The van der Waals surface area contributed by atoms with Gasteiger partial charge in [-0.25, -0.2) is 13.1 Å². The van der Waals surface area contributed by atoms with Crippen LogP contribution in [0.15, 0.2) is 47.4 Å². The van der Waals surface area contributed by atoms with Crippen molar-refractivity contribution in [3.8, 4) is 0 Å². The summed E-state index contributed by atoms with van der Waals surface area (Å²) in [5.74, 6) is 0. The Morgan fingerprint density at radius 1 is 1.05 bits per heavy atom. The molecule has 4 nitrogen and oxygen atoms in total. The van der Waals surface area contributed by atoms with E-state index < -0.39 is 10.0 Å². The molecule has 112 valence electrons. The molecule has 0 spiro atoms. The first-order valence-electron chi connectivity index (χ1n) is 7.37. The molecule has 2 N–H and O–H groups in total. The van der Waals surface area contributed by atoms with Crippen molar-refractivity contribution in [3.05, 3.63) is 42.5 Å². The van der Waals surface area contributed by atoms with Crippen molar-refractivity contribution < 1.29 is 8.42 Å². The van der Waals surface area contributed by atoms with Gasteiger partial charge >= 0.3 is 0 Å². The molecular formula is C16H20N2O2S. The van der Waals surface area contributed by atoms with E-state index in [1.807, 2.05) is 30.3 Å². The molecule has 1 unspecified atom stereocenters. The first-order valence-corrected chi connectivity index (χ1v) is 8.85. The largest absolute Gasteiger partial charge is 0.315 e. The maximum atomic E-state index is 12.5. The highest BCUT2D eigenvalue weighted by Crippen LogP contribution is 2.19. The van der Waals surface area contributed by atoms with Crippen molar-refractivity contribution in [2.75, 3.05) is 13.1 Å². The summed E-state index contributed by atoms with van der Waals surface area (Å²) in [5, 5.41) is 5.27. The highest BCUT2D eigenvalue weighted by molar-refractivity contribution is 7.89. The average molecular weight is 304 g/mol. The van der Waals surface area contributed by atoms with Crippen molar-refractivity contribution in [3.63, 3.8) is 0 Å². The lowest BCUT2D eigenvalue weighted by molar-refractivity contribution is 0.521. The van der Waals surface area contributed by atoms with Crippen LogP contribution in [0.3, 0.4) is 0 Å². The Morgan fingerprint density at radius 2 is 1.86 bits per heavy atom. The fourth-order valence-corrected chi connectivity index (χ4v) is 4.05. The van der Waals surface area contributed by atoms with Gasteiger partial charge in [-0.15, -0.1) is 0 Å². The molecule has 1 heterocycles. The molecule has 3 rings (SSSR count). The van der Waals surface area contributed by atoms with Crippen LogP contribution in [-0.2, 0) is 10.0 Å². The van der Waals surface area contributed by atoms with Crippen molar-refractivity contribution in [2.24, 2.45) is 0 Å². The topological polar surface area (TPSA) is 58.2 Å². The molecule has 0 aromatic heterocycles. The van der Waals surface area contributed by atoms with Crippen molar-refractivity contribution in [2.45, 2.75) is 30.2 Å². The molecular weight excluding hydrogens is 284 g/mol. The first-order chi connectivity index (χ1) is 10.1. The summed E-state index contributed by atoms with van der Waals surface area (Å²) < 4.78 is 27.9. The van der Waals surface area contributed by atoms with Gasteiger partial charge in [0, 0.05) is 12.6 Å². The lowest BCUT2D eigenvalue weighted by Crippen LogP contribution is -2.40. The van der Waals surface area contributed by atoms with E-state index in [4.69, 9.17) is 0 Å². The molecule has 0 saturated carbocycles. The summed E-state index contributed by atoms with van der Waals surface area (Å²) in [7, 11) is -3.46. The lowest BCUT2D eigenvalue weighted by atomic mass is 10.1. The minimum absolute atomic E-state index is 0.0241. The number of nitrogens with one attached hydrogen (secondary N) is 2. The minimum Gasteiger partial charge on any atom is -0.315 e. The first kappa shape index (κ1) is 14.5. The van der Waals surface area contributed by atoms with Crippen LogP contribution in [-0.4, -0.2) is 27.5 Å². The number of benzene rings is 2. The maximum absolute atomic E-state index is 12.5. The third-order valence-corrected chi connectivity index (χ3v) is 5.42. The van der Waals surface area contributed by atoms with E-state index >= 15 is 0 Å². The quantitative estimate of drug-likeness (QED) is 0.914. The summed E-state index contributed by atoms with van der Waals surface area (Å²) in [6.07, 6.45) is 3.05. The van der Waals surface area contributed by atoms with Crippen LogP contribution in [0.25, 0.3) is 10.8 Å². The molecule has 2 aromatic carbocycles. The highest BCUT2D eigenvalue weighted by Gasteiger charge is 2.21. The smallest absolute Gasteiger partial charge is 0.240 e. The van der Waals surface area contributed by atoms with Gasteiger partial charge in [0.05, 0.1) is 4.90 Å². The zero-order valence-corrected chi connectivity index (χ0v) is 12.7. The Kier molecular flexibility index (Phi) is 4.24. The standard InChI is InChI=1S/C16H20N2O2S/c19-21(20,18-15-7-3-4-10-17-12-15)16-9-8-13-5-1-2-6-14(13)11-16/h1-2,5-6,8-9,11,15,17-18H,3-4,7,10,12H2. The molecule has 1 fully saturated rings. The molecule has 1 aliphatic heterocycles. The zero-order valence-electron chi connectivity index (χ0n) is 11.9. The Hall–Kier alpha value is -1.43. The van der Waals surface area contributed by atoms with Crippen LogP contribution < -0.4 is 10.0 Å². The van der Waals surface area contributed by atoms with Crippen LogP contribution in [0.4, 0.5) is 0 Å². The van der Waals surface area contributed by atoms with Gasteiger partial charge in [-0.2, -0.15) is 0 Å². The number of hydrogen-bond acceptors (Lipinski definition) is 3. The predicted molar refractivity (Wildman–Crippen MR) is 84.8 cm³/mol. The summed E-state index contributed by atoms with van der Waals surface area (Å²) in [4.78, 5) is 0.338. The molecule has 1 aliphatic rings. The molecule has 21 heavy (non-hydrogen) atoms. The van der Waals surface area contributed by atoms with Crippen LogP contribution >= 0.6 is 0 Å². The summed E-state index contributed by atoms with van der Waals surface area (Å²) in [5.41, 5.74) is 0. The van der Waals surface area contributed by atoms with Gasteiger partial charge in [-0.05, 0) is 42.3 Å². The maximum Gasteiger partial charge on any atom is 0.240 e. The summed E-state index contributed by atoms with van der Waals surface area (Å²) in [6.45, 7) is 1.67. The number of fused-ring (bicyclic) bond motifs is 1. The molecule has 2 aromatic rings. The third kappa shape index (κ3) is 3.43. The second-order valence-electron chi connectivity index (χ2n) is 5.53. The van der Waals surface area contributed by atoms with E-state index in [1.165, 1.54) is 0 Å². The fraction of sp³-hybridized carbons (Fsp3) is 0.375. The summed E-state index contributed by atoms with van der Waals surface area (Å²) in [6, 6.07) is 13.0. The Balaban J connectivity index is 1.85. The van der Waals surface area contributed by atoms with Gasteiger partial charge in [0.2, 0.25) is 10.0 Å². The molecule has 0 amide bonds. The van der Waals surface area contributed by atoms with Crippen molar-refractivity contribution in [1.29, 1.82) is 0 Å². The number of sulfonamides is 1. The normalized spacial score (nSPS) is 20.3. The van der Waals surface area contributed by atoms with Crippen LogP contribution in [0, 0.1) is 0 Å². The van der Waals surface area contributed by atoms with E-state index in [0.717, 1.165) is 36.6 Å². The zero-order chi connectivity index (χ0) is 14.7. The van der Waals surface area contributed by atoms with E-state index in [1.54, 1.807) is 12.1 Å². The van der Waals surface area contributed by atoms with Crippen molar-refractivity contribution >= 4 is 20.8 Å². The van der Waals surface area contributed by atoms with E-state index in [0.29, 0.717) is 11.4 Å². The predicted octanol–water partition coefficient (Wildman–Crippen LogP) is 2.26. The van der Waals surface area contributed by atoms with Gasteiger partial charge in [0.15, 0.2) is 0 Å². The SMILES string of the molecule is O=S(=O)(NC1CCCCNC1)c1ccc2ccccc2c1. The van der Waals surface area contributed by atoms with Crippen LogP contribution in [0.5, 0.6) is 0 Å². The van der Waals surface area contributed by atoms with Gasteiger partial charge in [-0.3, -0.25) is 0 Å². The van der Waals surface area contributed by atoms with E-state index in [2.05, 4.69) is 10.0 Å². The van der Waals surface area contributed by atoms with Crippen LogP contribution in [0.2, 0.25) is 0 Å². The highest BCUT2D eigenvalue weighted by atomic mass is 32.2. The average Bonchev–Trinajstić information content (AvgIpc) is 2.75. The van der Waals surface area contributed by atoms with Gasteiger partial charge in [0.25, 0.3) is 0 Å². The number of rotatable bonds is 3. The Morgan fingerprint density at radius 3 is 2.71 bits per heavy atom. The van der Waals surface area contributed by atoms with Gasteiger partial charge in [0.1, 0.15) is 0 Å².